The van der Waals surface area contributed by atoms with Gasteiger partial charge in [-0.3, -0.25) is 0 Å². The van der Waals surface area contributed by atoms with Gasteiger partial charge < -0.3 is 25.2 Å². The molecular formula is C22H19F4N5O3. The Morgan fingerprint density at radius 1 is 1.21 bits per heavy atom. The van der Waals surface area contributed by atoms with Crippen molar-refractivity contribution in [1.82, 2.24) is 15.2 Å². The molecule has 5 rings (SSSR count). The largest absolute Gasteiger partial charge is 0.504 e. The minimum absolute atomic E-state index is 0.0256. The Labute approximate surface area is 190 Å². The van der Waals surface area contributed by atoms with Crippen LogP contribution in [0.3, 0.4) is 0 Å². The first-order valence-corrected chi connectivity index (χ1v) is 10.4. The summed E-state index contributed by atoms with van der Waals surface area (Å²) >= 11 is 0. The smallest absolute Gasteiger partial charge is 0.263 e. The number of aromatic nitrogens is 3. The number of rotatable bonds is 5. The second-order valence-electron chi connectivity index (χ2n) is 8.20. The summed E-state index contributed by atoms with van der Waals surface area (Å²) in [7, 11) is 0. The van der Waals surface area contributed by atoms with E-state index in [9.17, 15) is 22.7 Å². The second kappa shape index (κ2) is 8.28. The topological polar surface area (TPSA) is 104 Å². The molecule has 0 saturated carbocycles. The molecule has 0 amide bonds. The van der Waals surface area contributed by atoms with E-state index in [1.165, 1.54) is 29.3 Å². The second-order valence-corrected chi connectivity index (χ2v) is 8.20. The van der Waals surface area contributed by atoms with Crippen molar-refractivity contribution in [2.45, 2.75) is 31.1 Å². The van der Waals surface area contributed by atoms with Crippen molar-refractivity contribution >= 4 is 11.5 Å². The van der Waals surface area contributed by atoms with Gasteiger partial charge in [0.25, 0.3) is 12.3 Å². The van der Waals surface area contributed by atoms with Crippen LogP contribution in [0, 0.1) is 11.6 Å². The van der Waals surface area contributed by atoms with Crippen LogP contribution in [0.25, 0.3) is 11.3 Å². The van der Waals surface area contributed by atoms with Crippen molar-refractivity contribution in [1.29, 1.82) is 0 Å². The van der Waals surface area contributed by atoms with Crippen LogP contribution in [0.2, 0.25) is 0 Å². The number of phenolic OH excluding ortho intramolecular Hbond substituents is 1. The van der Waals surface area contributed by atoms with Gasteiger partial charge in [-0.25, -0.2) is 22.5 Å². The Morgan fingerprint density at radius 3 is 2.76 bits per heavy atom. The summed E-state index contributed by atoms with van der Waals surface area (Å²) in [5.41, 5.74) is -0.994. The molecule has 4 heterocycles. The van der Waals surface area contributed by atoms with Crippen LogP contribution >= 0.6 is 0 Å². The van der Waals surface area contributed by atoms with E-state index in [0.29, 0.717) is 0 Å². The fourth-order valence-corrected chi connectivity index (χ4v) is 4.42. The minimum atomic E-state index is -2.80. The van der Waals surface area contributed by atoms with E-state index in [4.69, 9.17) is 9.84 Å². The molecule has 0 unspecified atom stereocenters. The maximum Gasteiger partial charge on any atom is 0.263 e. The van der Waals surface area contributed by atoms with Gasteiger partial charge in [-0.2, -0.15) is 0 Å². The standard InChI is InChI=1S/C22H19F4N5O3/c23-14-3-1-2-13(18(14)33)16-5-17-19(30-29-16)28-10-22(21(25)26)6-12(8-31(17)22)34-20-15(24)4-11(9-32)7-27-20/h1-5,7,12,21,32-33H,6,8-10H2,(H,28,30)/t12-,22-/m1/s1. The van der Waals surface area contributed by atoms with Gasteiger partial charge in [0, 0.05) is 24.7 Å². The lowest BCUT2D eigenvalue weighted by molar-refractivity contribution is 0.0525. The highest BCUT2D eigenvalue weighted by Crippen LogP contribution is 2.46. The third-order valence-corrected chi connectivity index (χ3v) is 6.13. The number of benzene rings is 1. The van der Waals surface area contributed by atoms with Gasteiger partial charge in [0.15, 0.2) is 23.2 Å². The number of aliphatic hydroxyl groups is 1. The molecule has 2 aliphatic heterocycles. The van der Waals surface area contributed by atoms with E-state index in [-0.39, 0.29) is 53.7 Å². The Morgan fingerprint density at radius 2 is 2.03 bits per heavy atom. The first-order valence-electron chi connectivity index (χ1n) is 10.4. The van der Waals surface area contributed by atoms with E-state index in [0.717, 1.165) is 12.1 Å². The van der Waals surface area contributed by atoms with Crippen LogP contribution < -0.4 is 15.0 Å². The van der Waals surface area contributed by atoms with Crippen LogP contribution in [0.15, 0.2) is 36.5 Å². The number of nitrogens with zero attached hydrogens (tertiary/aromatic N) is 4. The normalized spacial score (nSPS) is 21.2. The van der Waals surface area contributed by atoms with Gasteiger partial charge >= 0.3 is 0 Å². The van der Waals surface area contributed by atoms with Crippen LogP contribution in [0.4, 0.5) is 29.1 Å². The Balaban J connectivity index is 1.50. The number of phenols is 1. The van der Waals surface area contributed by atoms with Crippen molar-refractivity contribution < 1.29 is 32.5 Å². The summed E-state index contributed by atoms with van der Waals surface area (Å²) in [6.45, 7) is -0.582. The monoisotopic (exact) mass is 477 g/mol. The molecule has 178 valence electrons. The molecule has 34 heavy (non-hydrogen) atoms. The van der Waals surface area contributed by atoms with Crippen LogP contribution in [-0.4, -0.2) is 56.6 Å². The lowest BCUT2D eigenvalue weighted by Crippen LogP contribution is -2.57. The number of fused-ring (bicyclic) bond motifs is 3. The third kappa shape index (κ3) is 3.54. The first-order chi connectivity index (χ1) is 16.3. The lowest BCUT2D eigenvalue weighted by atomic mass is 9.93. The third-order valence-electron chi connectivity index (χ3n) is 6.13. The zero-order valence-corrected chi connectivity index (χ0v) is 17.6. The van der Waals surface area contributed by atoms with Crippen molar-refractivity contribution in [3.63, 3.8) is 0 Å². The van der Waals surface area contributed by atoms with Gasteiger partial charge in [0.1, 0.15) is 11.6 Å². The molecular weight excluding hydrogens is 458 g/mol. The van der Waals surface area contributed by atoms with E-state index in [1.54, 1.807) is 0 Å². The summed E-state index contributed by atoms with van der Waals surface area (Å²) in [6.07, 6.45) is -2.52. The number of hydrogen-bond acceptors (Lipinski definition) is 8. The molecule has 1 saturated heterocycles. The van der Waals surface area contributed by atoms with Gasteiger partial charge in [0.2, 0.25) is 0 Å². The fraction of sp³-hybridized carbons (Fsp3) is 0.318. The summed E-state index contributed by atoms with van der Waals surface area (Å²) in [4.78, 5) is 5.28. The number of halogens is 4. The number of ether oxygens (including phenoxy) is 1. The molecule has 8 nitrogen and oxygen atoms in total. The van der Waals surface area contributed by atoms with Crippen LogP contribution in [0.5, 0.6) is 11.6 Å². The Hall–Kier alpha value is -3.67. The van der Waals surface area contributed by atoms with E-state index in [1.807, 2.05) is 0 Å². The molecule has 2 aliphatic rings. The van der Waals surface area contributed by atoms with Crippen LogP contribution in [0.1, 0.15) is 12.0 Å². The molecule has 3 aromatic rings. The number of nitrogens with one attached hydrogen (secondary N) is 1. The number of aliphatic hydroxyl groups excluding tert-OH is 1. The molecule has 3 N–H and O–H groups in total. The average molecular weight is 477 g/mol. The maximum atomic E-state index is 14.4. The molecule has 2 atom stereocenters. The van der Waals surface area contributed by atoms with Gasteiger partial charge in [-0.1, -0.05) is 6.07 Å². The van der Waals surface area contributed by atoms with Crippen molar-refractivity contribution in [3.05, 3.63) is 53.7 Å². The average Bonchev–Trinajstić information content (AvgIpc) is 3.22. The predicted octanol–water partition coefficient (Wildman–Crippen LogP) is 3.10. The minimum Gasteiger partial charge on any atom is -0.504 e. The SMILES string of the molecule is OCc1cnc(O[C@H]2CN3c4cc(-c5cccc(F)c5O)nnc4NC[C@@]3(C(F)F)C2)c(F)c1. The number of alkyl halides is 2. The summed E-state index contributed by atoms with van der Waals surface area (Å²) in [5.74, 6) is -2.40. The molecule has 0 aliphatic carbocycles. The number of para-hydroxylation sites is 1. The highest BCUT2D eigenvalue weighted by Gasteiger charge is 2.56. The lowest BCUT2D eigenvalue weighted by Gasteiger charge is -2.43. The van der Waals surface area contributed by atoms with E-state index >= 15 is 0 Å². The molecule has 2 aromatic heterocycles. The number of hydrogen-bond donors (Lipinski definition) is 3. The summed E-state index contributed by atoms with van der Waals surface area (Å²) in [5, 5.41) is 30.1. The molecule has 0 bridgehead atoms. The molecule has 1 aromatic carbocycles. The highest BCUT2D eigenvalue weighted by atomic mass is 19.3. The summed E-state index contributed by atoms with van der Waals surface area (Å²) in [6, 6.07) is 6.41. The molecule has 0 radical (unpaired) electrons. The van der Waals surface area contributed by atoms with E-state index in [2.05, 4.69) is 20.5 Å². The van der Waals surface area contributed by atoms with Crippen molar-refractivity contribution in [3.8, 4) is 22.9 Å². The molecule has 12 heteroatoms. The molecule has 1 fully saturated rings. The number of aromatic hydroxyl groups is 1. The van der Waals surface area contributed by atoms with Crippen molar-refractivity contribution in [2.24, 2.45) is 0 Å². The number of anilines is 2. The Bertz CT molecular complexity index is 1250. The van der Waals surface area contributed by atoms with Gasteiger partial charge in [-0.05, 0) is 29.8 Å². The van der Waals surface area contributed by atoms with Crippen LogP contribution in [-0.2, 0) is 6.61 Å². The highest BCUT2D eigenvalue weighted by molar-refractivity contribution is 5.77. The summed E-state index contributed by atoms with van der Waals surface area (Å²) < 4.78 is 62.6. The Kier molecular flexibility index (Phi) is 5.39. The quantitative estimate of drug-likeness (QED) is 0.482. The fourth-order valence-electron chi connectivity index (χ4n) is 4.42. The van der Waals surface area contributed by atoms with Crippen molar-refractivity contribution in [2.75, 3.05) is 23.3 Å². The maximum absolute atomic E-state index is 14.4. The predicted molar refractivity (Wildman–Crippen MR) is 113 cm³/mol. The first kappa shape index (κ1) is 22.1. The molecule has 0 spiro atoms. The zero-order chi connectivity index (χ0) is 24.0. The van der Waals surface area contributed by atoms with Gasteiger partial charge in [-0.15, -0.1) is 10.2 Å². The van der Waals surface area contributed by atoms with E-state index < -0.39 is 42.1 Å². The number of pyridine rings is 1. The zero-order valence-electron chi connectivity index (χ0n) is 17.6. The van der Waals surface area contributed by atoms with Gasteiger partial charge in [0.05, 0.1) is 24.5 Å².